The molecule has 1 aromatic heterocycles. The summed E-state index contributed by atoms with van der Waals surface area (Å²) in [6.07, 6.45) is 7.25. The summed E-state index contributed by atoms with van der Waals surface area (Å²) in [7, 11) is 0. The number of rotatable bonds is 3. The maximum absolute atomic E-state index is 11.4. The van der Waals surface area contributed by atoms with E-state index in [2.05, 4.69) is 15.3 Å². The van der Waals surface area contributed by atoms with Crippen LogP contribution in [0, 0.1) is 0 Å². The lowest BCUT2D eigenvalue weighted by molar-refractivity contribution is 0.407. The largest absolute Gasteiger partial charge is 0.323 e. The summed E-state index contributed by atoms with van der Waals surface area (Å²) in [5, 5.41) is 3.48. The molecule has 0 aromatic carbocycles. The van der Waals surface area contributed by atoms with Gasteiger partial charge in [-0.15, -0.1) is 0 Å². The first-order valence-corrected chi connectivity index (χ1v) is 6.37. The third-order valence-electron chi connectivity index (χ3n) is 3.96. The Morgan fingerprint density at radius 1 is 1.12 bits per heavy atom. The zero-order chi connectivity index (χ0) is 11.0. The molecule has 1 aromatic rings. The first-order chi connectivity index (χ1) is 7.83. The minimum atomic E-state index is -0.0325. The van der Waals surface area contributed by atoms with Gasteiger partial charge in [-0.25, -0.2) is 4.79 Å². The van der Waals surface area contributed by atoms with Gasteiger partial charge in [0.1, 0.15) is 0 Å². The standard InChI is InChI=1S/C12H19N3O/c16-12-14-10(7-9-5-2-6-13-9)11(15-12)8-3-1-4-8/h8-9,13H,1-7H2,(H2,14,15,16). The summed E-state index contributed by atoms with van der Waals surface area (Å²) < 4.78 is 0. The fourth-order valence-corrected chi connectivity index (χ4v) is 2.82. The second-order valence-electron chi connectivity index (χ2n) is 5.10. The number of aromatic nitrogens is 2. The van der Waals surface area contributed by atoms with Crippen LogP contribution in [0.5, 0.6) is 0 Å². The van der Waals surface area contributed by atoms with Crippen molar-refractivity contribution in [1.82, 2.24) is 15.3 Å². The SMILES string of the molecule is O=c1[nH]c(CC2CCCN2)c(C2CCC2)[nH]1. The third kappa shape index (κ3) is 1.82. The minimum Gasteiger partial charge on any atom is -0.314 e. The van der Waals surface area contributed by atoms with Gasteiger partial charge in [0, 0.05) is 29.8 Å². The van der Waals surface area contributed by atoms with Crippen LogP contribution in [-0.2, 0) is 6.42 Å². The highest BCUT2D eigenvalue weighted by molar-refractivity contribution is 5.19. The average Bonchev–Trinajstić information content (AvgIpc) is 2.75. The van der Waals surface area contributed by atoms with Crippen LogP contribution in [0.2, 0.25) is 0 Å². The van der Waals surface area contributed by atoms with Crippen molar-refractivity contribution < 1.29 is 0 Å². The van der Waals surface area contributed by atoms with E-state index in [1.54, 1.807) is 0 Å². The summed E-state index contributed by atoms with van der Waals surface area (Å²) in [6.45, 7) is 1.12. The van der Waals surface area contributed by atoms with E-state index in [0.717, 1.165) is 18.7 Å². The van der Waals surface area contributed by atoms with Crippen molar-refractivity contribution >= 4 is 0 Å². The van der Waals surface area contributed by atoms with Crippen LogP contribution in [0.4, 0.5) is 0 Å². The number of aromatic amines is 2. The summed E-state index contributed by atoms with van der Waals surface area (Å²) in [5.41, 5.74) is 2.30. The predicted molar refractivity (Wildman–Crippen MR) is 62.7 cm³/mol. The highest BCUT2D eigenvalue weighted by atomic mass is 16.1. The van der Waals surface area contributed by atoms with Crippen molar-refractivity contribution in [2.45, 2.75) is 50.5 Å². The monoisotopic (exact) mass is 221 g/mol. The van der Waals surface area contributed by atoms with Crippen molar-refractivity contribution in [3.05, 3.63) is 21.9 Å². The fourth-order valence-electron chi connectivity index (χ4n) is 2.82. The van der Waals surface area contributed by atoms with E-state index in [4.69, 9.17) is 0 Å². The summed E-state index contributed by atoms with van der Waals surface area (Å²) in [6, 6.07) is 0.560. The van der Waals surface area contributed by atoms with Crippen molar-refractivity contribution in [3.8, 4) is 0 Å². The molecular weight excluding hydrogens is 202 g/mol. The molecule has 4 heteroatoms. The van der Waals surface area contributed by atoms with Crippen LogP contribution in [0.25, 0.3) is 0 Å². The third-order valence-corrected chi connectivity index (χ3v) is 3.96. The minimum absolute atomic E-state index is 0.0325. The summed E-state index contributed by atoms with van der Waals surface area (Å²) >= 11 is 0. The molecular formula is C12H19N3O. The van der Waals surface area contributed by atoms with Gasteiger partial charge < -0.3 is 15.3 Å². The second-order valence-corrected chi connectivity index (χ2v) is 5.10. The van der Waals surface area contributed by atoms with E-state index in [0.29, 0.717) is 12.0 Å². The molecule has 1 saturated carbocycles. The Bertz CT molecular complexity index is 410. The van der Waals surface area contributed by atoms with Gasteiger partial charge in [0.25, 0.3) is 0 Å². The zero-order valence-electron chi connectivity index (χ0n) is 9.51. The Balaban J connectivity index is 1.78. The van der Waals surface area contributed by atoms with Gasteiger partial charge in [0.05, 0.1) is 0 Å². The van der Waals surface area contributed by atoms with Crippen molar-refractivity contribution in [2.75, 3.05) is 6.54 Å². The molecule has 0 radical (unpaired) electrons. The molecule has 4 nitrogen and oxygen atoms in total. The Labute approximate surface area is 94.8 Å². The molecule has 2 fully saturated rings. The fraction of sp³-hybridized carbons (Fsp3) is 0.750. The summed E-state index contributed by atoms with van der Waals surface area (Å²) in [4.78, 5) is 17.3. The smallest absolute Gasteiger partial charge is 0.314 e. The molecule has 1 aliphatic carbocycles. The van der Waals surface area contributed by atoms with Gasteiger partial charge >= 0.3 is 5.69 Å². The number of nitrogens with one attached hydrogen (secondary N) is 3. The lowest BCUT2D eigenvalue weighted by Crippen LogP contribution is -2.25. The molecule has 1 unspecified atom stereocenters. The van der Waals surface area contributed by atoms with Crippen LogP contribution in [0.3, 0.4) is 0 Å². The summed E-state index contributed by atoms with van der Waals surface area (Å²) in [5.74, 6) is 0.607. The van der Waals surface area contributed by atoms with Gasteiger partial charge in [0.15, 0.2) is 0 Å². The molecule has 2 heterocycles. The van der Waals surface area contributed by atoms with Gasteiger partial charge in [-0.3, -0.25) is 0 Å². The van der Waals surface area contributed by atoms with Crippen LogP contribution in [-0.4, -0.2) is 22.6 Å². The Morgan fingerprint density at radius 3 is 2.62 bits per heavy atom. The molecule has 16 heavy (non-hydrogen) atoms. The van der Waals surface area contributed by atoms with Crippen molar-refractivity contribution in [1.29, 1.82) is 0 Å². The molecule has 2 aliphatic rings. The van der Waals surface area contributed by atoms with Gasteiger partial charge in [0.2, 0.25) is 0 Å². The van der Waals surface area contributed by atoms with Gasteiger partial charge in [-0.1, -0.05) is 6.42 Å². The predicted octanol–water partition coefficient (Wildman–Crippen LogP) is 1.26. The van der Waals surface area contributed by atoms with Crippen molar-refractivity contribution in [2.24, 2.45) is 0 Å². The maximum Gasteiger partial charge on any atom is 0.323 e. The quantitative estimate of drug-likeness (QED) is 0.719. The molecule has 0 bridgehead atoms. The molecule has 1 aliphatic heterocycles. The van der Waals surface area contributed by atoms with Crippen LogP contribution in [0.15, 0.2) is 4.79 Å². The normalized spacial score (nSPS) is 25.9. The lowest BCUT2D eigenvalue weighted by atomic mass is 9.81. The van der Waals surface area contributed by atoms with E-state index in [9.17, 15) is 4.79 Å². The maximum atomic E-state index is 11.4. The Hall–Kier alpha value is -1.03. The van der Waals surface area contributed by atoms with E-state index in [1.807, 2.05) is 0 Å². The van der Waals surface area contributed by atoms with E-state index in [1.165, 1.54) is 37.8 Å². The molecule has 1 atom stereocenters. The zero-order valence-corrected chi connectivity index (χ0v) is 9.51. The number of imidazole rings is 1. The second kappa shape index (κ2) is 4.09. The van der Waals surface area contributed by atoms with E-state index < -0.39 is 0 Å². The molecule has 88 valence electrons. The molecule has 0 spiro atoms. The lowest BCUT2D eigenvalue weighted by Gasteiger charge is -2.25. The number of hydrogen-bond donors (Lipinski definition) is 3. The molecule has 3 rings (SSSR count). The average molecular weight is 221 g/mol. The highest BCUT2D eigenvalue weighted by Crippen LogP contribution is 2.36. The first-order valence-electron chi connectivity index (χ1n) is 6.37. The molecule has 3 N–H and O–H groups in total. The van der Waals surface area contributed by atoms with Gasteiger partial charge in [-0.2, -0.15) is 0 Å². The number of hydrogen-bond acceptors (Lipinski definition) is 2. The van der Waals surface area contributed by atoms with E-state index >= 15 is 0 Å². The first kappa shape index (κ1) is 10.1. The van der Waals surface area contributed by atoms with Crippen LogP contribution < -0.4 is 11.0 Å². The Morgan fingerprint density at radius 2 is 2.00 bits per heavy atom. The van der Waals surface area contributed by atoms with Crippen molar-refractivity contribution in [3.63, 3.8) is 0 Å². The highest BCUT2D eigenvalue weighted by Gasteiger charge is 2.26. The van der Waals surface area contributed by atoms with Crippen LogP contribution >= 0.6 is 0 Å². The molecule has 0 amide bonds. The van der Waals surface area contributed by atoms with Crippen LogP contribution in [0.1, 0.15) is 49.4 Å². The van der Waals surface area contributed by atoms with E-state index in [-0.39, 0.29) is 5.69 Å². The van der Waals surface area contributed by atoms with Gasteiger partial charge in [-0.05, 0) is 32.2 Å². The topological polar surface area (TPSA) is 60.7 Å². The Kier molecular flexibility index (Phi) is 2.59. The number of H-pyrrole nitrogens is 2. The molecule has 1 saturated heterocycles.